The predicted octanol–water partition coefficient (Wildman–Crippen LogP) is 2.71. The summed E-state index contributed by atoms with van der Waals surface area (Å²) in [6, 6.07) is 3.48. The van der Waals surface area contributed by atoms with E-state index in [0.29, 0.717) is 24.1 Å². The minimum Gasteiger partial charge on any atom is -0.476 e. The number of ether oxygens (including phenoxy) is 2. The monoisotopic (exact) mass is 373 g/mol. The van der Waals surface area contributed by atoms with Crippen LogP contribution in [-0.4, -0.2) is 40.2 Å². The van der Waals surface area contributed by atoms with Crippen LogP contribution in [-0.2, 0) is 0 Å². The highest BCUT2D eigenvalue weighted by molar-refractivity contribution is 5.70. The Kier molecular flexibility index (Phi) is 6.68. The lowest BCUT2D eigenvalue weighted by Crippen LogP contribution is -2.43. The number of amides is 1. The number of carbonyl (C=O) groups excluding carboxylic acids is 1. The predicted molar refractivity (Wildman–Crippen MR) is 103 cm³/mol. The maximum absolute atomic E-state index is 11.3. The molecule has 0 fully saturated rings. The quantitative estimate of drug-likeness (QED) is 0.767. The second kappa shape index (κ2) is 8.77. The molecule has 8 nitrogen and oxygen atoms in total. The Morgan fingerprint density at radius 3 is 2.67 bits per heavy atom. The van der Waals surface area contributed by atoms with Crippen LogP contribution >= 0.6 is 0 Å². The lowest BCUT2D eigenvalue weighted by atomic mass is 9.93. The second-order valence-corrected chi connectivity index (χ2v) is 7.27. The van der Waals surface area contributed by atoms with E-state index in [1.807, 2.05) is 19.9 Å². The van der Waals surface area contributed by atoms with Crippen molar-refractivity contribution in [1.82, 2.24) is 20.3 Å². The minimum atomic E-state index is -0.594. The number of carbonyl (C=O) groups is 1. The molecule has 146 valence electrons. The maximum Gasteiger partial charge on any atom is 0.413 e. The zero-order valence-electron chi connectivity index (χ0n) is 16.4. The number of nitrogens with zero attached hydrogens (tertiary/aromatic N) is 3. The van der Waals surface area contributed by atoms with Crippen LogP contribution in [0.1, 0.15) is 32.8 Å². The molecule has 2 heterocycles. The number of pyridine rings is 1. The molecule has 2 rings (SSSR count). The molecular weight excluding hydrogens is 346 g/mol. The van der Waals surface area contributed by atoms with Crippen LogP contribution in [0.15, 0.2) is 24.7 Å². The fourth-order valence-electron chi connectivity index (χ4n) is 2.78. The van der Waals surface area contributed by atoms with E-state index in [2.05, 4.69) is 34.1 Å². The molecule has 8 heteroatoms. The molecule has 0 spiro atoms. The number of nitrogens with one attached hydrogen (secondary N) is 1. The highest BCUT2D eigenvalue weighted by Crippen LogP contribution is 2.25. The molecule has 0 aliphatic heterocycles. The Morgan fingerprint density at radius 2 is 2.04 bits per heavy atom. The first-order valence-corrected chi connectivity index (χ1v) is 8.80. The molecule has 0 aliphatic carbocycles. The summed E-state index contributed by atoms with van der Waals surface area (Å²) in [5.74, 6) is 1.18. The van der Waals surface area contributed by atoms with Gasteiger partial charge in [0.1, 0.15) is 12.9 Å². The Morgan fingerprint density at radius 1 is 1.30 bits per heavy atom. The van der Waals surface area contributed by atoms with Crippen molar-refractivity contribution in [3.63, 3.8) is 0 Å². The molecule has 2 aromatic rings. The van der Waals surface area contributed by atoms with E-state index >= 15 is 0 Å². The highest BCUT2D eigenvalue weighted by atomic mass is 16.6. The van der Waals surface area contributed by atoms with Gasteiger partial charge in [-0.2, -0.15) is 0 Å². The molecule has 0 saturated heterocycles. The molecule has 0 aromatic carbocycles. The Labute approximate surface area is 159 Å². The van der Waals surface area contributed by atoms with Gasteiger partial charge in [0.2, 0.25) is 11.8 Å². The van der Waals surface area contributed by atoms with Crippen molar-refractivity contribution >= 4 is 6.09 Å². The third-order valence-corrected chi connectivity index (χ3v) is 3.78. The summed E-state index contributed by atoms with van der Waals surface area (Å²) in [6.07, 6.45) is 3.26. The van der Waals surface area contributed by atoms with Crippen LogP contribution in [0.4, 0.5) is 4.79 Å². The van der Waals surface area contributed by atoms with Gasteiger partial charge < -0.3 is 20.5 Å². The van der Waals surface area contributed by atoms with Crippen LogP contribution in [0.3, 0.4) is 0 Å². The van der Waals surface area contributed by atoms with E-state index in [9.17, 15) is 4.79 Å². The van der Waals surface area contributed by atoms with E-state index in [-0.39, 0.29) is 5.88 Å². The van der Waals surface area contributed by atoms with E-state index in [1.165, 1.54) is 13.4 Å². The van der Waals surface area contributed by atoms with E-state index in [1.54, 1.807) is 12.3 Å². The van der Waals surface area contributed by atoms with Gasteiger partial charge in [-0.1, -0.05) is 13.8 Å². The van der Waals surface area contributed by atoms with Crippen LogP contribution in [0, 0.1) is 12.8 Å². The highest BCUT2D eigenvalue weighted by Gasteiger charge is 2.21. The SMILES string of the molecule is CNC(=O)Oc1cc(-c2cnc(OC[C@@](C)(N)CC(C)C)c(C)c2)ncn1. The van der Waals surface area contributed by atoms with Crippen molar-refractivity contribution in [3.8, 4) is 23.0 Å². The molecule has 0 radical (unpaired) electrons. The molecule has 0 aliphatic rings. The van der Waals surface area contributed by atoms with Crippen molar-refractivity contribution in [2.24, 2.45) is 11.7 Å². The van der Waals surface area contributed by atoms with Crippen molar-refractivity contribution < 1.29 is 14.3 Å². The summed E-state index contributed by atoms with van der Waals surface area (Å²) in [4.78, 5) is 23.8. The number of aromatic nitrogens is 3. The van der Waals surface area contributed by atoms with Gasteiger partial charge in [-0.3, -0.25) is 0 Å². The van der Waals surface area contributed by atoms with E-state index in [0.717, 1.165) is 17.5 Å². The second-order valence-electron chi connectivity index (χ2n) is 7.27. The summed E-state index contributed by atoms with van der Waals surface area (Å²) in [5, 5.41) is 2.37. The average Bonchev–Trinajstić information content (AvgIpc) is 2.59. The molecule has 0 unspecified atom stereocenters. The van der Waals surface area contributed by atoms with Crippen LogP contribution in [0.25, 0.3) is 11.3 Å². The number of aryl methyl sites for hydroxylation is 1. The molecule has 0 bridgehead atoms. The van der Waals surface area contributed by atoms with E-state index in [4.69, 9.17) is 15.2 Å². The molecule has 0 saturated carbocycles. The first-order valence-electron chi connectivity index (χ1n) is 8.80. The maximum atomic E-state index is 11.3. The topological polar surface area (TPSA) is 112 Å². The van der Waals surface area contributed by atoms with Gasteiger partial charge in [0, 0.05) is 36.0 Å². The minimum absolute atomic E-state index is 0.157. The van der Waals surface area contributed by atoms with Crippen molar-refractivity contribution in [1.29, 1.82) is 0 Å². The molecule has 1 atom stereocenters. The van der Waals surface area contributed by atoms with E-state index < -0.39 is 11.6 Å². The molecule has 2 aromatic heterocycles. The van der Waals surface area contributed by atoms with Crippen molar-refractivity contribution in [3.05, 3.63) is 30.2 Å². The van der Waals surface area contributed by atoms with Gasteiger partial charge in [0.15, 0.2) is 0 Å². The van der Waals surface area contributed by atoms with Gasteiger partial charge >= 0.3 is 6.09 Å². The number of hydrogen-bond donors (Lipinski definition) is 2. The number of rotatable bonds is 7. The molecule has 27 heavy (non-hydrogen) atoms. The van der Waals surface area contributed by atoms with Crippen LogP contribution in [0.2, 0.25) is 0 Å². The third-order valence-electron chi connectivity index (χ3n) is 3.78. The fourth-order valence-corrected chi connectivity index (χ4v) is 2.78. The third kappa shape index (κ3) is 6.18. The van der Waals surface area contributed by atoms with Gasteiger partial charge in [0.05, 0.1) is 5.69 Å². The summed E-state index contributed by atoms with van der Waals surface area (Å²) in [6.45, 7) is 8.54. The van der Waals surface area contributed by atoms with Gasteiger partial charge in [0.25, 0.3) is 0 Å². The van der Waals surface area contributed by atoms with Crippen molar-refractivity contribution in [2.45, 2.75) is 39.7 Å². The summed E-state index contributed by atoms with van der Waals surface area (Å²) in [7, 11) is 1.48. The lowest BCUT2D eigenvalue weighted by molar-refractivity contribution is 0.199. The zero-order chi connectivity index (χ0) is 20.0. The summed E-state index contributed by atoms with van der Waals surface area (Å²) < 4.78 is 10.9. The van der Waals surface area contributed by atoms with Gasteiger partial charge in [-0.25, -0.2) is 19.7 Å². The Bertz CT molecular complexity index is 793. The first-order chi connectivity index (χ1) is 12.7. The van der Waals surface area contributed by atoms with Gasteiger partial charge in [-0.15, -0.1) is 0 Å². The largest absolute Gasteiger partial charge is 0.476 e. The smallest absolute Gasteiger partial charge is 0.413 e. The van der Waals surface area contributed by atoms with Crippen LogP contribution < -0.4 is 20.5 Å². The molecular formula is C19H27N5O3. The summed E-state index contributed by atoms with van der Waals surface area (Å²) >= 11 is 0. The molecule has 3 N–H and O–H groups in total. The van der Waals surface area contributed by atoms with Crippen molar-refractivity contribution in [2.75, 3.05) is 13.7 Å². The summed E-state index contributed by atoms with van der Waals surface area (Å²) in [5.41, 5.74) is 8.09. The number of nitrogens with two attached hydrogens (primary N) is 1. The normalized spacial score (nSPS) is 13.1. The zero-order valence-corrected chi connectivity index (χ0v) is 16.4. The Balaban J connectivity index is 2.12. The lowest BCUT2D eigenvalue weighted by Gasteiger charge is -2.26. The average molecular weight is 373 g/mol. The first kappa shape index (κ1) is 20.6. The molecule has 1 amide bonds. The standard InChI is InChI=1S/C19H27N5O3/c1-12(2)8-19(4,20)10-26-17-13(3)6-14(9-22-17)15-7-16(24-11-23-15)27-18(25)21-5/h6-7,9,11-12H,8,10,20H2,1-5H3,(H,21,25)/t19-/m0/s1. The number of hydrogen-bond acceptors (Lipinski definition) is 7. The fraction of sp³-hybridized carbons (Fsp3) is 0.474. The Hall–Kier alpha value is -2.74. The van der Waals surface area contributed by atoms with Gasteiger partial charge in [-0.05, 0) is 32.3 Å². The van der Waals surface area contributed by atoms with Crippen LogP contribution in [0.5, 0.6) is 11.8 Å².